The van der Waals surface area contributed by atoms with Gasteiger partial charge in [-0.15, -0.1) is 11.8 Å². The predicted molar refractivity (Wildman–Crippen MR) is 75.3 cm³/mol. The van der Waals surface area contributed by atoms with Gasteiger partial charge in [-0.3, -0.25) is 4.79 Å². The lowest BCUT2D eigenvalue weighted by atomic mass is 9.95. The van der Waals surface area contributed by atoms with Gasteiger partial charge in [-0.1, -0.05) is 35.3 Å². The molecule has 1 aromatic carbocycles. The van der Waals surface area contributed by atoms with E-state index >= 15 is 0 Å². The van der Waals surface area contributed by atoms with Crippen LogP contribution >= 0.6 is 35.0 Å². The second-order valence-corrected chi connectivity index (χ2v) is 6.88. The van der Waals surface area contributed by atoms with E-state index in [0.29, 0.717) is 16.5 Å². The van der Waals surface area contributed by atoms with Crippen molar-refractivity contribution in [2.45, 2.75) is 30.9 Å². The zero-order chi connectivity index (χ0) is 12.5. The van der Waals surface area contributed by atoms with Gasteiger partial charge in [0.15, 0.2) is 5.78 Å². The van der Waals surface area contributed by atoms with Crippen LogP contribution in [0.15, 0.2) is 18.2 Å². The minimum Gasteiger partial charge on any atom is -0.298 e. The van der Waals surface area contributed by atoms with Crippen molar-refractivity contribution in [2.24, 2.45) is 0 Å². The summed E-state index contributed by atoms with van der Waals surface area (Å²) in [6.07, 6.45) is 2.47. The SMILES string of the molecule is CC1(C(=O)Cc2cccc(Cl)c2Cl)CCCS1. The monoisotopic (exact) mass is 288 g/mol. The van der Waals surface area contributed by atoms with Gasteiger partial charge in [0, 0.05) is 6.42 Å². The largest absolute Gasteiger partial charge is 0.298 e. The number of thioether (sulfide) groups is 1. The van der Waals surface area contributed by atoms with Gasteiger partial charge < -0.3 is 0 Å². The quantitative estimate of drug-likeness (QED) is 0.821. The third kappa shape index (κ3) is 2.81. The van der Waals surface area contributed by atoms with E-state index in [9.17, 15) is 4.79 Å². The Bertz CT molecular complexity index is 439. The highest BCUT2D eigenvalue weighted by Crippen LogP contribution is 2.39. The summed E-state index contributed by atoms with van der Waals surface area (Å²) >= 11 is 13.8. The van der Waals surface area contributed by atoms with E-state index in [1.54, 1.807) is 17.8 Å². The molecular weight excluding hydrogens is 275 g/mol. The third-order valence-electron chi connectivity index (χ3n) is 3.19. The number of Topliss-reactive ketones (excluding diaryl/α,β-unsaturated/α-hetero) is 1. The Hall–Kier alpha value is -0.180. The number of rotatable bonds is 3. The smallest absolute Gasteiger partial charge is 0.153 e. The topological polar surface area (TPSA) is 17.1 Å². The number of carbonyl (C=O) groups is 1. The lowest BCUT2D eigenvalue weighted by Gasteiger charge is -2.21. The first-order valence-electron chi connectivity index (χ1n) is 5.63. The molecule has 0 radical (unpaired) electrons. The van der Waals surface area contributed by atoms with Gasteiger partial charge in [-0.2, -0.15) is 0 Å². The first-order valence-corrected chi connectivity index (χ1v) is 7.37. The molecule has 1 aliphatic heterocycles. The lowest BCUT2D eigenvalue weighted by molar-refractivity contribution is -0.120. The van der Waals surface area contributed by atoms with Crippen LogP contribution in [0.3, 0.4) is 0 Å². The van der Waals surface area contributed by atoms with Crippen LogP contribution in [0.2, 0.25) is 10.0 Å². The maximum atomic E-state index is 12.3. The second kappa shape index (κ2) is 5.21. The molecule has 92 valence electrons. The number of ketones is 1. The van der Waals surface area contributed by atoms with Crippen LogP contribution in [0.5, 0.6) is 0 Å². The van der Waals surface area contributed by atoms with Gasteiger partial charge in [0.25, 0.3) is 0 Å². The highest BCUT2D eigenvalue weighted by Gasteiger charge is 2.36. The van der Waals surface area contributed by atoms with Crippen molar-refractivity contribution in [2.75, 3.05) is 5.75 Å². The maximum Gasteiger partial charge on any atom is 0.153 e. The van der Waals surface area contributed by atoms with Crippen molar-refractivity contribution in [3.05, 3.63) is 33.8 Å². The van der Waals surface area contributed by atoms with E-state index < -0.39 is 0 Å². The Morgan fingerprint density at radius 1 is 1.47 bits per heavy atom. The zero-order valence-electron chi connectivity index (χ0n) is 9.63. The lowest BCUT2D eigenvalue weighted by Crippen LogP contribution is -2.30. The Morgan fingerprint density at radius 3 is 2.88 bits per heavy atom. The molecule has 1 heterocycles. The molecule has 0 aliphatic carbocycles. The van der Waals surface area contributed by atoms with Crippen LogP contribution in [0.25, 0.3) is 0 Å². The van der Waals surface area contributed by atoms with Gasteiger partial charge in [0.1, 0.15) is 0 Å². The Kier molecular flexibility index (Phi) is 4.06. The molecule has 17 heavy (non-hydrogen) atoms. The molecule has 1 saturated heterocycles. The minimum atomic E-state index is -0.231. The molecule has 0 amide bonds. The summed E-state index contributed by atoms with van der Waals surface area (Å²) in [4.78, 5) is 12.3. The highest BCUT2D eigenvalue weighted by atomic mass is 35.5. The fourth-order valence-corrected chi connectivity index (χ4v) is 3.69. The van der Waals surface area contributed by atoms with Gasteiger partial charge in [0.2, 0.25) is 0 Å². The molecule has 4 heteroatoms. The zero-order valence-corrected chi connectivity index (χ0v) is 12.0. The molecule has 1 fully saturated rings. The Morgan fingerprint density at radius 2 is 2.24 bits per heavy atom. The summed E-state index contributed by atoms with van der Waals surface area (Å²) < 4.78 is -0.231. The molecule has 0 bridgehead atoms. The van der Waals surface area contributed by atoms with Crippen LogP contribution in [-0.2, 0) is 11.2 Å². The summed E-state index contributed by atoms with van der Waals surface area (Å²) in [6, 6.07) is 5.44. The van der Waals surface area contributed by atoms with E-state index in [2.05, 4.69) is 0 Å². The van der Waals surface area contributed by atoms with Crippen LogP contribution in [0.4, 0.5) is 0 Å². The molecule has 0 spiro atoms. The second-order valence-electron chi connectivity index (χ2n) is 4.50. The van der Waals surface area contributed by atoms with Crippen molar-refractivity contribution in [1.82, 2.24) is 0 Å². The number of benzene rings is 1. The molecule has 0 N–H and O–H groups in total. The van der Waals surface area contributed by atoms with E-state index in [-0.39, 0.29) is 10.5 Å². The summed E-state index contributed by atoms with van der Waals surface area (Å²) in [7, 11) is 0. The Balaban J connectivity index is 2.16. The molecule has 1 unspecified atom stereocenters. The van der Waals surface area contributed by atoms with Crippen LogP contribution in [0.1, 0.15) is 25.3 Å². The van der Waals surface area contributed by atoms with Gasteiger partial charge in [-0.05, 0) is 37.1 Å². The summed E-state index contributed by atoms with van der Waals surface area (Å²) in [5.41, 5.74) is 0.831. The molecule has 2 rings (SSSR count). The van der Waals surface area contributed by atoms with Gasteiger partial charge in [-0.25, -0.2) is 0 Å². The molecule has 1 aromatic rings. The van der Waals surface area contributed by atoms with Crippen molar-refractivity contribution in [1.29, 1.82) is 0 Å². The van der Waals surface area contributed by atoms with Crippen LogP contribution in [0, 0.1) is 0 Å². The van der Waals surface area contributed by atoms with Crippen LogP contribution in [-0.4, -0.2) is 16.3 Å². The first kappa shape index (κ1) is 13.3. The van der Waals surface area contributed by atoms with E-state index in [0.717, 1.165) is 24.2 Å². The number of hydrogen-bond donors (Lipinski definition) is 0. The fraction of sp³-hybridized carbons (Fsp3) is 0.462. The summed E-state index contributed by atoms with van der Waals surface area (Å²) in [5.74, 6) is 1.33. The van der Waals surface area contributed by atoms with Crippen molar-refractivity contribution < 1.29 is 4.79 Å². The normalized spacial score (nSPS) is 23.9. The van der Waals surface area contributed by atoms with Crippen molar-refractivity contribution >= 4 is 40.7 Å². The molecule has 1 atom stereocenters. The number of carbonyl (C=O) groups excluding carboxylic acids is 1. The van der Waals surface area contributed by atoms with Crippen LogP contribution < -0.4 is 0 Å². The van der Waals surface area contributed by atoms with E-state index in [1.165, 1.54) is 0 Å². The molecule has 0 saturated carbocycles. The predicted octanol–water partition coefficient (Wildman–Crippen LogP) is 4.39. The van der Waals surface area contributed by atoms with E-state index in [4.69, 9.17) is 23.2 Å². The number of halogens is 2. The van der Waals surface area contributed by atoms with Crippen molar-refractivity contribution in [3.8, 4) is 0 Å². The third-order valence-corrected chi connectivity index (χ3v) is 5.61. The fourth-order valence-electron chi connectivity index (χ4n) is 2.04. The minimum absolute atomic E-state index is 0.231. The molecule has 1 nitrogen and oxygen atoms in total. The first-order chi connectivity index (χ1) is 8.03. The highest BCUT2D eigenvalue weighted by molar-refractivity contribution is 8.01. The molecule has 1 aliphatic rings. The maximum absolute atomic E-state index is 12.3. The average molecular weight is 289 g/mol. The average Bonchev–Trinajstić information content (AvgIpc) is 2.73. The molecular formula is C13H14Cl2OS. The summed E-state index contributed by atoms with van der Waals surface area (Å²) in [5, 5.41) is 1.02. The van der Waals surface area contributed by atoms with Crippen molar-refractivity contribution in [3.63, 3.8) is 0 Å². The Labute approximate surface area is 116 Å². The summed E-state index contributed by atoms with van der Waals surface area (Å²) in [6.45, 7) is 2.03. The van der Waals surface area contributed by atoms with Gasteiger partial charge in [0.05, 0.1) is 14.8 Å². The molecule has 0 aromatic heterocycles. The number of hydrogen-bond acceptors (Lipinski definition) is 2. The van der Waals surface area contributed by atoms with Gasteiger partial charge >= 0.3 is 0 Å². The van der Waals surface area contributed by atoms with E-state index in [1.807, 2.05) is 19.1 Å². The standard InChI is InChI=1S/C13H14Cl2OS/c1-13(6-3-7-17-13)11(16)8-9-4-2-5-10(14)12(9)15/h2,4-5H,3,6-8H2,1H3.